The van der Waals surface area contributed by atoms with Gasteiger partial charge >= 0.3 is 0 Å². The van der Waals surface area contributed by atoms with E-state index in [1.54, 1.807) is 12.1 Å². The Kier molecular flexibility index (Phi) is 4.12. The van der Waals surface area contributed by atoms with Crippen LogP contribution in [0.4, 0.5) is 20.2 Å². The number of halogens is 2. The summed E-state index contributed by atoms with van der Waals surface area (Å²) in [4.78, 5) is 24.4. The van der Waals surface area contributed by atoms with E-state index in [0.717, 1.165) is 0 Å². The van der Waals surface area contributed by atoms with Crippen molar-refractivity contribution >= 4 is 23.2 Å². The fourth-order valence-corrected chi connectivity index (χ4v) is 2.50. The van der Waals surface area contributed by atoms with Crippen LogP contribution in [0.15, 0.2) is 60.7 Å². The Labute approximate surface area is 137 Å². The minimum atomic E-state index is -0.753. The quantitative estimate of drug-likeness (QED) is 0.846. The zero-order valence-electron chi connectivity index (χ0n) is 12.6. The van der Waals surface area contributed by atoms with Gasteiger partial charge in [-0.15, -0.1) is 0 Å². The Morgan fingerprint density at radius 2 is 1.17 bits per heavy atom. The summed E-state index contributed by atoms with van der Waals surface area (Å²) in [6, 6.07) is 11.5. The van der Waals surface area contributed by atoms with Crippen LogP contribution < -0.4 is 10.6 Å². The van der Waals surface area contributed by atoms with Crippen LogP contribution in [0.25, 0.3) is 0 Å². The van der Waals surface area contributed by atoms with E-state index in [0.29, 0.717) is 5.57 Å². The molecular formula is C18H14F2N2O2. The maximum absolute atomic E-state index is 13.6. The molecular weight excluding hydrogens is 314 g/mol. The van der Waals surface area contributed by atoms with E-state index in [-0.39, 0.29) is 11.4 Å². The third kappa shape index (κ3) is 3.03. The van der Waals surface area contributed by atoms with Gasteiger partial charge in [0, 0.05) is 0 Å². The zero-order chi connectivity index (χ0) is 17.3. The van der Waals surface area contributed by atoms with E-state index in [2.05, 4.69) is 17.2 Å². The van der Waals surface area contributed by atoms with E-state index in [4.69, 9.17) is 0 Å². The highest BCUT2D eigenvalue weighted by atomic mass is 19.1. The summed E-state index contributed by atoms with van der Waals surface area (Å²) in [7, 11) is 0. The van der Waals surface area contributed by atoms with Crippen LogP contribution >= 0.6 is 0 Å². The molecule has 1 aliphatic carbocycles. The van der Waals surface area contributed by atoms with E-state index >= 15 is 0 Å². The second kappa shape index (κ2) is 6.23. The molecule has 2 aromatic rings. The number of hydrogen-bond acceptors (Lipinski definition) is 2. The topological polar surface area (TPSA) is 58.2 Å². The van der Waals surface area contributed by atoms with Crippen LogP contribution in [0.3, 0.4) is 0 Å². The number of amides is 2. The molecule has 6 heteroatoms. The lowest BCUT2D eigenvalue weighted by atomic mass is 10.2. The highest BCUT2D eigenvalue weighted by Crippen LogP contribution is 2.45. The molecule has 0 saturated heterocycles. The molecule has 2 N–H and O–H groups in total. The van der Waals surface area contributed by atoms with E-state index in [9.17, 15) is 18.4 Å². The summed E-state index contributed by atoms with van der Waals surface area (Å²) < 4.78 is 27.1. The van der Waals surface area contributed by atoms with E-state index in [1.807, 2.05) is 0 Å². The first-order valence-corrected chi connectivity index (χ1v) is 7.28. The Hall–Kier alpha value is -3.02. The van der Waals surface area contributed by atoms with Gasteiger partial charge in [0.1, 0.15) is 11.6 Å². The van der Waals surface area contributed by atoms with Crippen molar-refractivity contribution < 1.29 is 18.4 Å². The van der Waals surface area contributed by atoms with Crippen LogP contribution in [0.1, 0.15) is 0 Å². The van der Waals surface area contributed by atoms with Crippen molar-refractivity contribution in [3.8, 4) is 0 Å². The normalized spacial score (nSPS) is 18.8. The fourth-order valence-electron chi connectivity index (χ4n) is 2.50. The number of rotatable bonds is 4. The molecule has 0 radical (unpaired) electrons. The highest BCUT2D eigenvalue weighted by Gasteiger charge is 2.52. The SMILES string of the molecule is C=C1C(C(=O)Nc2ccccc2F)[C@@H]1C(=O)Nc1ccccc1F. The van der Waals surface area contributed by atoms with Gasteiger partial charge in [-0.3, -0.25) is 9.59 Å². The van der Waals surface area contributed by atoms with Crippen molar-refractivity contribution in [2.75, 3.05) is 10.6 Å². The smallest absolute Gasteiger partial charge is 0.232 e. The molecule has 1 fully saturated rings. The molecule has 0 aromatic heterocycles. The lowest BCUT2D eigenvalue weighted by molar-refractivity contribution is -0.122. The summed E-state index contributed by atoms with van der Waals surface area (Å²) in [5, 5.41) is 4.87. The van der Waals surface area contributed by atoms with Gasteiger partial charge in [-0.05, 0) is 24.3 Å². The molecule has 122 valence electrons. The monoisotopic (exact) mass is 328 g/mol. The molecule has 0 bridgehead atoms. The number of benzene rings is 2. The summed E-state index contributed by atoms with van der Waals surface area (Å²) in [5.74, 6) is -3.67. The highest BCUT2D eigenvalue weighted by molar-refractivity contribution is 6.08. The molecule has 2 aromatic carbocycles. The zero-order valence-corrected chi connectivity index (χ0v) is 12.6. The molecule has 1 aliphatic rings. The van der Waals surface area contributed by atoms with Gasteiger partial charge in [-0.2, -0.15) is 0 Å². The van der Waals surface area contributed by atoms with Crippen molar-refractivity contribution in [2.24, 2.45) is 11.8 Å². The molecule has 3 rings (SSSR count). The molecule has 0 heterocycles. The number of hydrogen-bond donors (Lipinski definition) is 2. The first-order valence-electron chi connectivity index (χ1n) is 7.28. The lowest BCUT2D eigenvalue weighted by Gasteiger charge is -2.07. The molecule has 0 spiro atoms. The summed E-state index contributed by atoms with van der Waals surface area (Å²) in [6.07, 6.45) is 0. The average molecular weight is 328 g/mol. The van der Waals surface area contributed by atoms with Gasteiger partial charge in [0.25, 0.3) is 0 Å². The van der Waals surface area contributed by atoms with Crippen LogP contribution in [-0.2, 0) is 9.59 Å². The third-order valence-corrected chi connectivity index (χ3v) is 3.85. The molecule has 2 amide bonds. The Morgan fingerprint density at radius 1 is 0.792 bits per heavy atom. The Morgan fingerprint density at radius 3 is 1.54 bits per heavy atom. The number of anilines is 2. The van der Waals surface area contributed by atoms with Crippen LogP contribution in [0, 0.1) is 23.5 Å². The van der Waals surface area contributed by atoms with Gasteiger partial charge in [0.15, 0.2) is 0 Å². The lowest BCUT2D eigenvalue weighted by Crippen LogP contribution is -2.21. The average Bonchev–Trinajstić information content (AvgIpc) is 3.23. The maximum Gasteiger partial charge on any atom is 0.232 e. The Bertz CT molecular complexity index is 768. The second-order valence-corrected chi connectivity index (χ2v) is 5.47. The number of nitrogens with one attached hydrogen (secondary N) is 2. The molecule has 4 nitrogen and oxygen atoms in total. The third-order valence-electron chi connectivity index (χ3n) is 3.85. The molecule has 1 saturated carbocycles. The second-order valence-electron chi connectivity index (χ2n) is 5.47. The van der Waals surface area contributed by atoms with E-state index in [1.165, 1.54) is 36.4 Å². The summed E-state index contributed by atoms with van der Waals surface area (Å²) in [5.41, 5.74) is 0.489. The predicted octanol–water partition coefficient (Wildman–Crippen LogP) is 3.34. The van der Waals surface area contributed by atoms with Crippen molar-refractivity contribution in [3.63, 3.8) is 0 Å². The van der Waals surface area contributed by atoms with Crippen LogP contribution in [0.5, 0.6) is 0 Å². The van der Waals surface area contributed by atoms with Gasteiger partial charge < -0.3 is 10.6 Å². The van der Waals surface area contributed by atoms with Crippen molar-refractivity contribution in [2.45, 2.75) is 0 Å². The number of para-hydroxylation sites is 2. The minimum Gasteiger partial charge on any atom is -0.323 e. The molecule has 0 aliphatic heterocycles. The number of carbonyl (C=O) groups excluding carboxylic acids is 2. The summed E-state index contributed by atoms with van der Waals surface area (Å²) in [6.45, 7) is 3.69. The van der Waals surface area contributed by atoms with Crippen LogP contribution in [0.2, 0.25) is 0 Å². The van der Waals surface area contributed by atoms with Gasteiger partial charge in [-0.25, -0.2) is 8.78 Å². The molecule has 1 unspecified atom stereocenters. The minimum absolute atomic E-state index is 0.0375. The van der Waals surface area contributed by atoms with Crippen molar-refractivity contribution in [1.29, 1.82) is 0 Å². The number of carbonyl (C=O) groups is 2. The van der Waals surface area contributed by atoms with E-state index < -0.39 is 35.3 Å². The summed E-state index contributed by atoms with van der Waals surface area (Å²) >= 11 is 0. The maximum atomic E-state index is 13.6. The van der Waals surface area contributed by atoms with Crippen molar-refractivity contribution in [1.82, 2.24) is 0 Å². The van der Waals surface area contributed by atoms with Gasteiger partial charge in [0.2, 0.25) is 11.8 Å². The molecule has 2 atom stereocenters. The first-order chi connectivity index (χ1) is 11.5. The van der Waals surface area contributed by atoms with Crippen molar-refractivity contribution in [3.05, 3.63) is 72.3 Å². The molecule has 24 heavy (non-hydrogen) atoms. The fraction of sp³-hybridized carbons (Fsp3) is 0.111. The predicted molar refractivity (Wildman–Crippen MR) is 86.2 cm³/mol. The van der Waals surface area contributed by atoms with Gasteiger partial charge in [0.05, 0.1) is 23.2 Å². The standard InChI is InChI=1S/C18H14F2N2O2/c1-10-15(17(23)21-13-8-4-2-6-11(13)19)16(10)18(24)22-14-9-5-3-7-12(14)20/h2-9,15-16H,1H2,(H,21,23)(H,22,24)/t15-,16?/m1/s1. The largest absolute Gasteiger partial charge is 0.323 e. The van der Waals surface area contributed by atoms with Crippen LogP contribution in [-0.4, -0.2) is 11.8 Å². The Balaban J connectivity index is 1.66. The van der Waals surface area contributed by atoms with Gasteiger partial charge in [-0.1, -0.05) is 36.4 Å². The first kappa shape index (κ1) is 15.9.